The van der Waals surface area contributed by atoms with E-state index in [1.165, 1.54) is 0 Å². The summed E-state index contributed by atoms with van der Waals surface area (Å²) in [5.41, 5.74) is 1.61. The zero-order chi connectivity index (χ0) is 14.5. The third-order valence-electron chi connectivity index (χ3n) is 3.09. The summed E-state index contributed by atoms with van der Waals surface area (Å²) in [4.78, 5) is 15.3. The number of rotatable bonds is 6. The number of hydrogen-bond donors (Lipinski definition) is 2. The lowest BCUT2D eigenvalue weighted by Gasteiger charge is -2.17. The lowest BCUT2D eigenvalue weighted by atomic mass is 10.1. The van der Waals surface area contributed by atoms with Crippen LogP contribution in [0.2, 0.25) is 0 Å². The number of thioether (sulfide) groups is 1. The molecule has 2 rings (SSSR count). The molecule has 5 heteroatoms. The highest BCUT2D eigenvalue weighted by molar-refractivity contribution is 7.98. The number of aromatic nitrogens is 1. The number of nitrogens with zero attached hydrogens (tertiary/aromatic N) is 1. The molecule has 1 heterocycles. The summed E-state index contributed by atoms with van der Waals surface area (Å²) in [6, 6.07) is 9.48. The summed E-state index contributed by atoms with van der Waals surface area (Å²) in [6.45, 7) is 2.10. The summed E-state index contributed by atoms with van der Waals surface area (Å²) in [5, 5.41) is 13.5. The van der Waals surface area contributed by atoms with Gasteiger partial charge >= 0.3 is 5.97 Å². The number of fused-ring (bicyclic) bond motifs is 1. The van der Waals surface area contributed by atoms with Crippen LogP contribution in [0, 0.1) is 0 Å². The Morgan fingerprint density at radius 2 is 2.20 bits per heavy atom. The number of benzene rings is 1. The molecule has 0 saturated carbocycles. The molecule has 1 unspecified atom stereocenters. The molecule has 0 aliphatic rings. The van der Waals surface area contributed by atoms with Crippen molar-refractivity contribution >= 4 is 34.3 Å². The standard InChI is InChI=1S/C15H18N2O2S/c1-10(7-8-20-2)16-13-9-14(15(18)19)17-12-6-4-3-5-11(12)13/h3-6,9-10H,7-8H2,1-2H3,(H,16,17)(H,18,19). The van der Waals surface area contributed by atoms with Crippen LogP contribution in [0.4, 0.5) is 5.69 Å². The Bertz CT molecular complexity index is 616. The second-order valence-electron chi connectivity index (χ2n) is 4.70. The van der Waals surface area contributed by atoms with Crippen molar-refractivity contribution in [3.8, 4) is 0 Å². The van der Waals surface area contributed by atoms with Crippen LogP contribution in [0.15, 0.2) is 30.3 Å². The Labute approximate surface area is 122 Å². The molecular weight excluding hydrogens is 272 g/mol. The van der Waals surface area contributed by atoms with E-state index in [-0.39, 0.29) is 11.7 Å². The molecule has 0 aliphatic heterocycles. The first-order valence-electron chi connectivity index (χ1n) is 6.50. The van der Waals surface area contributed by atoms with Crippen molar-refractivity contribution in [2.24, 2.45) is 0 Å². The van der Waals surface area contributed by atoms with Gasteiger partial charge in [0.2, 0.25) is 0 Å². The van der Waals surface area contributed by atoms with Gasteiger partial charge in [-0.15, -0.1) is 0 Å². The average Bonchev–Trinajstić information content (AvgIpc) is 2.44. The van der Waals surface area contributed by atoms with E-state index in [0.717, 1.165) is 23.2 Å². The molecule has 0 amide bonds. The van der Waals surface area contributed by atoms with Gasteiger partial charge in [-0.2, -0.15) is 11.8 Å². The third kappa shape index (κ3) is 3.42. The highest BCUT2D eigenvalue weighted by Crippen LogP contribution is 2.24. The maximum Gasteiger partial charge on any atom is 0.354 e. The van der Waals surface area contributed by atoms with Gasteiger partial charge < -0.3 is 10.4 Å². The first-order chi connectivity index (χ1) is 9.61. The zero-order valence-electron chi connectivity index (χ0n) is 11.6. The number of anilines is 1. The molecule has 1 aromatic carbocycles. The van der Waals surface area contributed by atoms with Crippen LogP contribution in [-0.4, -0.2) is 34.1 Å². The van der Waals surface area contributed by atoms with Crippen LogP contribution in [-0.2, 0) is 0 Å². The SMILES string of the molecule is CSCCC(C)Nc1cc(C(=O)O)nc2ccccc12. The molecule has 0 aliphatic carbocycles. The Hall–Kier alpha value is -1.75. The first-order valence-corrected chi connectivity index (χ1v) is 7.89. The quantitative estimate of drug-likeness (QED) is 0.852. The second kappa shape index (κ2) is 6.61. The van der Waals surface area contributed by atoms with Gasteiger partial charge in [0, 0.05) is 17.1 Å². The van der Waals surface area contributed by atoms with Crippen LogP contribution in [0.3, 0.4) is 0 Å². The van der Waals surface area contributed by atoms with Crippen molar-refractivity contribution < 1.29 is 9.90 Å². The monoisotopic (exact) mass is 290 g/mol. The largest absolute Gasteiger partial charge is 0.477 e. The van der Waals surface area contributed by atoms with Gasteiger partial charge in [-0.1, -0.05) is 18.2 Å². The number of hydrogen-bond acceptors (Lipinski definition) is 4. The number of carboxylic acid groups (broad SMARTS) is 1. The second-order valence-corrected chi connectivity index (χ2v) is 5.69. The highest BCUT2D eigenvalue weighted by Gasteiger charge is 2.12. The molecule has 0 fully saturated rings. The van der Waals surface area contributed by atoms with Crippen LogP contribution >= 0.6 is 11.8 Å². The smallest absolute Gasteiger partial charge is 0.354 e. The highest BCUT2D eigenvalue weighted by atomic mass is 32.2. The van der Waals surface area contributed by atoms with E-state index >= 15 is 0 Å². The summed E-state index contributed by atoms with van der Waals surface area (Å²) >= 11 is 1.81. The Balaban J connectivity index is 2.37. The lowest BCUT2D eigenvalue weighted by molar-refractivity contribution is 0.0691. The number of pyridine rings is 1. The van der Waals surface area contributed by atoms with Gasteiger partial charge in [-0.3, -0.25) is 0 Å². The molecule has 106 valence electrons. The molecule has 0 bridgehead atoms. The minimum absolute atomic E-state index is 0.0725. The molecule has 0 radical (unpaired) electrons. The van der Waals surface area contributed by atoms with Gasteiger partial charge in [0.1, 0.15) is 0 Å². The summed E-state index contributed by atoms with van der Waals surface area (Å²) in [7, 11) is 0. The van der Waals surface area contributed by atoms with Crippen LogP contribution in [0.5, 0.6) is 0 Å². The predicted molar refractivity (Wildman–Crippen MR) is 84.8 cm³/mol. The van der Waals surface area contributed by atoms with Crippen molar-refractivity contribution in [3.05, 3.63) is 36.0 Å². The van der Waals surface area contributed by atoms with E-state index in [1.54, 1.807) is 17.8 Å². The minimum Gasteiger partial charge on any atom is -0.477 e. The fourth-order valence-corrected chi connectivity index (χ4v) is 2.63. The van der Waals surface area contributed by atoms with Crippen molar-refractivity contribution in [2.75, 3.05) is 17.3 Å². The van der Waals surface area contributed by atoms with Crippen molar-refractivity contribution in [2.45, 2.75) is 19.4 Å². The number of nitrogens with one attached hydrogen (secondary N) is 1. The number of carboxylic acids is 1. The fraction of sp³-hybridized carbons (Fsp3) is 0.333. The predicted octanol–water partition coefficient (Wildman–Crippen LogP) is 3.49. The van der Waals surface area contributed by atoms with E-state index in [9.17, 15) is 4.79 Å². The van der Waals surface area contributed by atoms with Gasteiger partial charge in [0.25, 0.3) is 0 Å². The first kappa shape index (κ1) is 14.7. The van der Waals surface area contributed by atoms with Gasteiger partial charge in [0.05, 0.1) is 5.52 Å². The summed E-state index contributed by atoms with van der Waals surface area (Å²) in [5.74, 6) is 0.0683. The lowest BCUT2D eigenvalue weighted by Crippen LogP contribution is -2.17. The maximum atomic E-state index is 11.2. The fourth-order valence-electron chi connectivity index (χ4n) is 2.04. The van der Waals surface area contributed by atoms with Gasteiger partial charge in [-0.05, 0) is 37.5 Å². The molecule has 0 saturated heterocycles. The Morgan fingerprint density at radius 3 is 2.90 bits per heavy atom. The van der Waals surface area contributed by atoms with E-state index in [0.29, 0.717) is 5.52 Å². The number of aromatic carboxylic acids is 1. The Morgan fingerprint density at radius 1 is 1.45 bits per heavy atom. The zero-order valence-corrected chi connectivity index (χ0v) is 12.4. The van der Waals surface area contributed by atoms with Crippen LogP contribution in [0.25, 0.3) is 10.9 Å². The molecule has 1 aromatic heterocycles. The van der Waals surface area contributed by atoms with E-state index < -0.39 is 5.97 Å². The Kier molecular flexibility index (Phi) is 4.84. The average molecular weight is 290 g/mol. The topological polar surface area (TPSA) is 62.2 Å². The van der Waals surface area contributed by atoms with Gasteiger partial charge in [0.15, 0.2) is 5.69 Å². The molecule has 0 spiro atoms. The number of carbonyl (C=O) groups is 1. The molecule has 2 N–H and O–H groups in total. The molecule has 20 heavy (non-hydrogen) atoms. The van der Waals surface area contributed by atoms with Crippen molar-refractivity contribution in [1.29, 1.82) is 0 Å². The van der Waals surface area contributed by atoms with Crippen molar-refractivity contribution in [3.63, 3.8) is 0 Å². The number of para-hydroxylation sites is 1. The van der Waals surface area contributed by atoms with Gasteiger partial charge in [-0.25, -0.2) is 9.78 Å². The van der Waals surface area contributed by atoms with Crippen molar-refractivity contribution in [1.82, 2.24) is 4.98 Å². The third-order valence-corrected chi connectivity index (χ3v) is 3.74. The van der Waals surface area contributed by atoms with Crippen LogP contribution in [0.1, 0.15) is 23.8 Å². The molecule has 1 atom stereocenters. The summed E-state index contributed by atoms with van der Waals surface area (Å²) < 4.78 is 0. The van der Waals surface area contributed by atoms with E-state index in [4.69, 9.17) is 5.11 Å². The van der Waals surface area contributed by atoms with Crippen LogP contribution < -0.4 is 5.32 Å². The molecule has 2 aromatic rings. The maximum absolute atomic E-state index is 11.2. The molecule has 4 nitrogen and oxygen atoms in total. The van der Waals surface area contributed by atoms with E-state index in [1.807, 2.05) is 24.3 Å². The molecular formula is C15H18N2O2S. The normalized spacial score (nSPS) is 12.3. The minimum atomic E-state index is -1.00. The van der Waals surface area contributed by atoms with E-state index in [2.05, 4.69) is 23.5 Å². The summed E-state index contributed by atoms with van der Waals surface area (Å²) in [6.07, 6.45) is 3.11.